The van der Waals surface area contributed by atoms with Crippen LogP contribution in [0.3, 0.4) is 0 Å². The van der Waals surface area contributed by atoms with E-state index in [0.717, 1.165) is 5.56 Å². The smallest absolute Gasteiger partial charge is 0.227 e. The molecule has 2 aromatic rings. The number of nitrogens with zero attached hydrogens (tertiary/aromatic N) is 1. The summed E-state index contributed by atoms with van der Waals surface area (Å²) in [5.74, 6) is -0.669. The largest absolute Gasteiger partial charge is 0.349 e. The van der Waals surface area contributed by atoms with E-state index in [4.69, 9.17) is 0 Å². The molecule has 2 atom stereocenters. The second-order valence-electron chi connectivity index (χ2n) is 6.65. The highest BCUT2D eigenvalue weighted by molar-refractivity contribution is 6.02. The number of carbonyl (C=O) groups is 3. The Morgan fingerprint density at radius 1 is 1.12 bits per heavy atom. The average molecular weight is 350 g/mol. The summed E-state index contributed by atoms with van der Waals surface area (Å²) in [4.78, 5) is 38.1. The minimum Gasteiger partial charge on any atom is -0.349 e. The van der Waals surface area contributed by atoms with Crippen LogP contribution in [-0.4, -0.2) is 24.1 Å². The number of benzene rings is 2. The van der Waals surface area contributed by atoms with Gasteiger partial charge in [0.05, 0.1) is 12.0 Å². The van der Waals surface area contributed by atoms with E-state index in [0.29, 0.717) is 17.8 Å². The van der Waals surface area contributed by atoms with Crippen molar-refractivity contribution in [2.24, 2.45) is 5.92 Å². The molecule has 134 valence electrons. The summed E-state index contributed by atoms with van der Waals surface area (Å²) >= 11 is 0. The maximum atomic E-state index is 12.6. The molecule has 1 fully saturated rings. The van der Waals surface area contributed by atoms with Gasteiger partial charge in [0.2, 0.25) is 11.8 Å². The first kappa shape index (κ1) is 17.9. The number of hydrogen-bond donors (Lipinski definition) is 1. The van der Waals surface area contributed by atoms with Crippen LogP contribution >= 0.6 is 0 Å². The van der Waals surface area contributed by atoms with Gasteiger partial charge in [0.1, 0.15) is 0 Å². The molecule has 5 nitrogen and oxygen atoms in total. The van der Waals surface area contributed by atoms with Crippen molar-refractivity contribution < 1.29 is 14.4 Å². The van der Waals surface area contributed by atoms with Crippen molar-refractivity contribution in [3.05, 3.63) is 65.7 Å². The summed E-state index contributed by atoms with van der Waals surface area (Å²) in [5.41, 5.74) is 2.24. The molecule has 0 bridgehead atoms. The molecule has 1 N–H and O–H groups in total. The van der Waals surface area contributed by atoms with Gasteiger partial charge in [-0.1, -0.05) is 42.5 Å². The van der Waals surface area contributed by atoms with Crippen LogP contribution in [0.5, 0.6) is 0 Å². The predicted octanol–water partition coefficient (Wildman–Crippen LogP) is 3.12. The summed E-state index contributed by atoms with van der Waals surface area (Å²) in [7, 11) is 0. The molecule has 0 aliphatic carbocycles. The van der Waals surface area contributed by atoms with Gasteiger partial charge in [0, 0.05) is 24.2 Å². The minimum absolute atomic E-state index is 0.0514. The third-order valence-electron chi connectivity index (χ3n) is 4.72. The van der Waals surface area contributed by atoms with Crippen LogP contribution in [0.2, 0.25) is 0 Å². The molecule has 2 amide bonds. The Labute approximate surface area is 153 Å². The van der Waals surface area contributed by atoms with E-state index in [2.05, 4.69) is 5.32 Å². The molecule has 1 aliphatic rings. The van der Waals surface area contributed by atoms with E-state index in [1.165, 1.54) is 6.92 Å². The van der Waals surface area contributed by atoms with Crippen LogP contribution in [0.4, 0.5) is 5.69 Å². The van der Waals surface area contributed by atoms with E-state index >= 15 is 0 Å². The van der Waals surface area contributed by atoms with Gasteiger partial charge in [-0.05, 0) is 31.5 Å². The third-order valence-corrected chi connectivity index (χ3v) is 4.72. The minimum atomic E-state index is -0.394. The van der Waals surface area contributed by atoms with E-state index in [-0.39, 0.29) is 30.1 Å². The molecular formula is C21H22N2O3. The lowest BCUT2D eigenvalue weighted by Crippen LogP contribution is -2.34. The number of amides is 2. The van der Waals surface area contributed by atoms with Crippen molar-refractivity contribution >= 4 is 23.3 Å². The average Bonchev–Trinajstić information content (AvgIpc) is 3.04. The molecular weight excluding hydrogens is 328 g/mol. The predicted molar refractivity (Wildman–Crippen MR) is 99.9 cm³/mol. The van der Waals surface area contributed by atoms with Crippen LogP contribution < -0.4 is 10.2 Å². The van der Waals surface area contributed by atoms with Gasteiger partial charge < -0.3 is 10.2 Å². The number of nitrogens with one attached hydrogen (secondary N) is 1. The second-order valence-corrected chi connectivity index (χ2v) is 6.65. The number of hydrogen-bond acceptors (Lipinski definition) is 3. The highest BCUT2D eigenvalue weighted by Crippen LogP contribution is 2.26. The molecule has 0 radical (unpaired) electrons. The van der Waals surface area contributed by atoms with Gasteiger partial charge >= 0.3 is 0 Å². The number of Topliss-reactive ketones (excluding diaryl/α,β-unsaturated/α-hetero) is 1. The number of carbonyl (C=O) groups excluding carboxylic acids is 3. The SMILES string of the molecule is CC(=O)c1cccc(N2CC(C(=O)NC(C)c3ccccc3)CC2=O)c1. The Morgan fingerprint density at radius 2 is 1.85 bits per heavy atom. The first-order valence-corrected chi connectivity index (χ1v) is 8.72. The van der Waals surface area contributed by atoms with Crippen LogP contribution in [0.1, 0.15) is 42.2 Å². The lowest BCUT2D eigenvalue weighted by atomic mass is 10.1. The molecule has 2 unspecified atom stereocenters. The maximum Gasteiger partial charge on any atom is 0.227 e. The highest BCUT2D eigenvalue weighted by Gasteiger charge is 2.35. The Hall–Kier alpha value is -2.95. The number of rotatable bonds is 5. The quantitative estimate of drug-likeness (QED) is 0.843. The number of anilines is 1. The molecule has 1 saturated heterocycles. The van der Waals surface area contributed by atoms with Crippen LogP contribution in [0.25, 0.3) is 0 Å². The monoisotopic (exact) mass is 350 g/mol. The molecule has 3 rings (SSSR count). The molecule has 2 aromatic carbocycles. The van der Waals surface area contributed by atoms with Gasteiger partial charge in [0.15, 0.2) is 5.78 Å². The van der Waals surface area contributed by atoms with E-state index in [1.807, 2.05) is 37.3 Å². The van der Waals surface area contributed by atoms with Gasteiger partial charge in [-0.2, -0.15) is 0 Å². The third kappa shape index (κ3) is 3.82. The standard InChI is InChI=1S/C21H22N2O3/c1-14(16-7-4-3-5-8-16)22-21(26)18-12-20(25)23(13-18)19-10-6-9-17(11-19)15(2)24/h3-11,14,18H,12-13H2,1-2H3,(H,22,26). The molecule has 5 heteroatoms. The Morgan fingerprint density at radius 3 is 2.54 bits per heavy atom. The molecule has 0 saturated carbocycles. The molecule has 1 aliphatic heterocycles. The summed E-state index contributed by atoms with van der Waals surface area (Å²) in [5, 5.41) is 2.99. The van der Waals surface area contributed by atoms with Crippen molar-refractivity contribution in [3.63, 3.8) is 0 Å². The fourth-order valence-corrected chi connectivity index (χ4v) is 3.18. The summed E-state index contributed by atoms with van der Waals surface area (Å²) < 4.78 is 0. The zero-order valence-corrected chi connectivity index (χ0v) is 14.9. The molecule has 1 heterocycles. The molecule has 26 heavy (non-hydrogen) atoms. The first-order chi connectivity index (χ1) is 12.5. The number of ketones is 1. The summed E-state index contributed by atoms with van der Waals surface area (Å²) in [6, 6.07) is 16.6. The zero-order chi connectivity index (χ0) is 18.7. The van der Waals surface area contributed by atoms with Crippen molar-refractivity contribution in [3.8, 4) is 0 Å². The van der Waals surface area contributed by atoms with Crippen molar-refractivity contribution in [1.29, 1.82) is 0 Å². The Bertz CT molecular complexity index is 832. The van der Waals surface area contributed by atoms with Gasteiger partial charge in [-0.15, -0.1) is 0 Å². The van der Waals surface area contributed by atoms with Gasteiger partial charge in [-0.3, -0.25) is 14.4 Å². The van der Waals surface area contributed by atoms with E-state index < -0.39 is 5.92 Å². The normalized spacial score (nSPS) is 17.8. The van der Waals surface area contributed by atoms with Gasteiger partial charge in [0.25, 0.3) is 0 Å². The first-order valence-electron chi connectivity index (χ1n) is 8.72. The van der Waals surface area contributed by atoms with Crippen LogP contribution in [0.15, 0.2) is 54.6 Å². The summed E-state index contributed by atoms with van der Waals surface area (Å²) in [6.45, 7) is 3.75. The van der Waals surface area contributed by atoms with Crippen LogP contribution in [0, 0.1) is 5.92 Å². The highest BCUT2D eigenvalue weighted by atomic mass is 16.2. The maximum absolute atomic E-state index is 12.6. The van der Waals surface area contributed by atoms with Crippen molar-refractivity contribution in [2.45, 2.75) is 26.3 Å². The van der Waals surface area contributed by atoms with E-state index in [9.17, 15) is 14.4 Å². The molecule has 0 spiro atoms. The summed E-state index contributed by atoms with van der Waals surface area (Å²) in [6.07, 6.45) is 0.178. The lowest BCUT2D eigenvalue weighted by molar-refractivity contribution is -0.126. The Balaban J connectivity index is 1.68. The lowest BCUT2D eigenvalue weighted by Gasteiger charge is -2.19. The second kappa shape index (κ2) is 7.52. The fourth-order valence-electron chi connectivity index (χ4n) is 3.18. The van der Waals surface area contributed by atoms with Crippen molar-refractivity contribution in [2.75, 3.05) is 11.4 Å². The van der Waals surface area contributed by atoms with Crippen LogP contribution in [-0.2, 0) is 9.59 Å². The molecule has 0 aromatic heterocycles. The topological polar surface area (TPSA) is 66.5 Å². The Kier molecular flexibility index (Phi) is 5.16. The fraction of sp³-hybridized carbons (Fsp3) is 0.286. The van der Waals surface area contributed by atoms with E-state index in [1.54, 1.807) is 29.2 Å². The van der Waals surface area contributed by atoms with Crippen molar-refractivity contribution in [1.82, 2.24) is 5.32 Å². The zero-order valence-electron chi connectivity index (χ0n) is 14.9. The van der Waals surface area contributed by atoms with Gasteiger partial charge in [-0.25, -0.2) is 0 Å².